The van der Waals surface area contributed by atoms with E-state index in [0.29, 0.717) is 13.0 Å². The fourth-order valence-corrected chi connectivity index (χ4v) is 2.79. The van der Waals surface area contributed by atoms with Gasteiger partial charge in [0, 0.05) is 7.05 Å². The highest BCUT2D eigenvalue weighted by Crippen LogP contribution is 2.19. The minimum Gasteiger partial charge on any atom is -0.486 e. The predicted octanol–water partition coefficient (Wildman–Crippen LogP) is 3.72. The number of hydrogen-bond donors (Lipinski definition) is 1. The topological polar surface area (TPSA) is 64.3 Å². The molecule has 130 valence electrons. The second-order valence-corrected chi connectivity index (χ2v) is 6.46. The highest BCUT2D eigenvalue weighted by Gasteiger charge is 2.12. The molecule has 1 unspecified atom stereocenters. The van der Waals surface area contributed by atoms with E-state index < -0.39 is 11.9 Å². The van der Waals surface area contributed by atoms with Crippen LogP contribution in [0.4, 0.5) is 0 Å². The molecule has 3 rings (SSSR count). The van der Waals surface area contributed by atoms with Crippen molar-refractivity contribution in [2.45, 2.75) is 26.9 Å². The van der Waals surface area contributed by atoms with Gasteiger partial charge >= 0.3 is 5.97 Å². The van der Waals surface area contributed by atoms with Crippen molar-refractivity contribution in [2.24, 2.45) is 13.0 Å². The standard InChI is InChI=1S/C20H22N2O3/c1-13-4-9-17-18(10-13)22(3)19(21-17)12-25-16-7-5-15(6-8-16)11-14(2)20(23)24/h4-10,14H,11-12H2,1-3H3,(H,23,24). The summed E-state index contributed by atoms with van der Waals surface area (Å²) in [5.74, 6) is 0.437. The Balaban J connectivity index is 1.67. The molecule has 25 heavy (non-hydrogen) atoms. The minimum atomic E-state index is -0.780. The first-order chi connectivity index (χ1) is 11.9. The molecule has 5 nitrogen and oxygen atoms in total. The zero-order valence-electron chi connectivity index (χ0n) is 14.7. The van der Waals surface area contributed by atoms with E-state index in [-0.39, 0.29) is 0 Å². The van der Waals surface area contributed by atoms with Gasteiger partial charge in [0.1, 0.15) is 18.2 Å². The number of aliphatic carboxylic acids is 1. The van der Waals surface area contributed by atoms with Crippen LogP contribution in [0.5, 0.6) is 5.75 Å². The molecule has 0 aliphatic carbocycles. The van der Waals surface area contributed by atoms with E-state index in [4.69, 9.17) is 9.84 Å². The van der Waals surface area contributed by atoms with E-state index in [1.165, 1.54) is 5.56 Å². The van der Waals surface area contributed by atoms with Crippen molar-refractivity contribution in [1.82, 2.24) is 9.55 Å². The first kappa shape index (κ1) is 17.0. The van der Waals surface area contributed by atoms with Gasteiger partial charge in [0.05, 0.1) is 17.0 Å². The van der Waals surface area contributed by atoms with E-state index in [1.54, 1.807) is 6.92 Å². The number of rotatable bonds is 6. The molecule has 1 aromatic heterocycles. The van der Waals surface area contributed by atoms with Gasteiger partial charge in [0.2, 0.25) is 0 Å². The third-order valence-corrected chi connectivity index (χ3v) is 4.38. The molecule has 1 atom stereocenters. The Hall–Kier alpha value is -2.82. The Morgan fingerprint density at radius 3 is 2.64 bits per heavy atom. The van der Waals surface area contributed by atoms with E-state index >= 15 is 0 Å². The van der Waals surface area contributed by atoms with Gasteiger partial charge < -0.3 is 14.4 Å². The molecule has 0 aliphatic heterocycles. The van der Waals surface area contributed by atoms with Crippen LogP contribution >= 0.6 is 0 Å². The van der Waals surface area contributed by atoms with Crippen LogP contribution in [-0.4, -0.2) is 20.6 Å². The zero-order valence-corrected chi connectivity index (χ0v) is 14.7. The lowest BCUT2D eigenvalue weighted by Gasteiger charge is -2.09. The molecule has 0 radical (unpaired) electrons. The number of nitrogens with zero attached hydrogens (tertiary/aromatic N) is 2. The van der Waals surface area contributed by atoms with E-state index in [2.05, 4.69) is 24.0 Å². The number of benzene rings is 2. The maximum Gasteiger partial charge on any atom is 0.306 e. The molecule has 0 saturated heterocycles. The molecule has 3 aromatic rings. The van der Waals surface area contributed by atoms with Gasteiger partial charge in [0.15, 0.2) is 0 Å². The largest absolute Gasteiger partial charge is 0.486 e. The number of carboxylic acid groups (broad SMARTS) is 1. The smallest absolute Gasteiger partial charge is 0.306 e. The fraction of sp³-hybridized carbons (Fsp3) is 0.300. The molecule has 0 spiro atoms. The first-order valence-corrected chi connectivity index (χ1v) is 8.30. The number of aryl methyl sites for hydroxylation is 2. The lowest BCUT2D eigenvalue weighted by atomic mass is 10.0. The molecular weight excluding hydrogens is 316 g/mol. The quantitative estimate of drug-likeness (QED) is 0.744. The number of aromatic nitrogens is 2. The van der Waals surface area contributed by atoms with Crippen LogP contribution in [0, 0.1) is 12.8 Å². The van der Waals surface area contributed by atoms with Crippen molar-refractivity contribution in [3.63, 3.8) is 0 Å². The molecule has 1 N–H and O–H groups in total. The van der Waals surface area contributed by atoms with Crippen molar-refractivity contribution >= 4 is 17.0 Å². The Morgan fingerprint density at radius 1 is 1.24 bits per heavy atom. The van der Waals surface area contributed by atoms with Crippen LogP contribution < -0.4 is 4.74 Å². The number of carboxylic acids is 1. The molecule has 2 aromatic carbocycles. The van der Waals surface area contributed by atoms with E-state index in [9.17, 15) is 4.79 Å². The summed E-state index contributed by atoms with van der Waals surface area (Å²) in [6.45, 7) is 4.16. The van der Waals surface area contributed by atoms with Crippen LogP contribution in [0.1, 0.15) is 23.9 Å². The summed E-state index contributed by atoms with van der Waals surface area (Å²) < 4.78 is 7.89. The third kappa shape index (κ3) is 3.82. The van der Waals surface area contributed by atoms with Crippen molar-refractivity contribution in [3.05, 3.63) is 59.4 Å². The summed E-state index contributed by atoms with van der Waals surface area (Å²) in [5.41, 5.74) is 4.25. The summed E-state index contributed by atoms with van der Waals surface area (Å²) in [7, 11) is 1.99. The predicted molar refractivity (Wildman–Crippen MR) is 96.7 cm³/mol. The van der Waals surface area contributed by atoms with Crippen LogP contribution in [0.25, 0.3) is 11.0 Å². The SMILES string of the molecule is Cc1ccc2nc(COc3ccc(CC(C)C(=O)O)cc3)n(C)c2c1. The number of fused-ring (bicyclic) bond motifs is 1. The average Bonchev–Trinajstić information content (AvgIpc) is 2.90. The molecule has 0 amide bonds. The number of hydrogen-bond acceptors (Lipinski definition) is 3. The second-order valence-electron chi connectivity index (χ2n) is 6.46. The van der Waals surface area contributed by atoms with Crippen molar-refractivity contribution in [3.8, 4) is 5.75 Å². The monoisotopic (exact) mass is 338 g/mol. The Morgan fingerprint density at radius 2 is 1.96 bits per heavy atom. The Labute approximate surface area is 146 Å². The normalized spacial score (nSPS) is 12.3. The summed E-state index contributed by atoms with van der Waals surface area (Å²) >= 11 is 0. The first-order valence-electron chi connectivity index (χ1n) is 8.30. The average molecular weight is 338 g/mol. The summed E-state index contributed by atoms with van der Waals surface area (Å²) in [5, 5.41) is 8.98. The van der Waals surface area contributed by atoms with E-state index in [1.807, 2.05) is 41.9 Å². The molecule has 5 heteroatoms. The van der Waals surface area contributed by atoms with Gasteiger partial charge in [-0.1, -0.05) is 25.1 Å². The highest BCUT2D eigenvalue weighted by atomic mass is 16.5. The Kier molecular flexibility index (Phi) is 4.74. The van der Waals surface area contributed by atoms with Gasteiger partial charge in [0.25, 0.3) is 0 Å². The lowest BCUT2D eigenvalue weighted by molar-refractivity contribution is -0.141. The highest BCUT2D eigenvalue weighted by molar-refractivity contribution is 5.76. The van der Waals surface area contributed by atoms with Crippen molar-refractivity contribution in [2.75, 3.05) is 0 Å². The molecular formula is C20H22N2O3. The molecule has 0 bridgehead atoms. The molecule has 1 heterocycles. The van der Waals surface area contributed by atoms with Crippen molar-refractivity contribution in [1.29, 1.82) is 0 Å². The third-order valence-electron chi connectivity index (χ3n) is 4.38. The van der Waals surface area contributed by atoms with Crippen LogP contribution in [0.2, 0.25) is 0 Å². The van der Waals surface area contributed by atoms with Gasteiger partial charge in [-0.2, -0.15) is 0 Å². The number of imidazole rings is 1. The molecule has 0 saturated carbocycles. The number of carbonyl (C=O) groups is 1. The molecule has 0 aliphatic rings. The lowest BCUT2D eigenvalue weighted by Crippen LogP contribution is -2.12. The van der Waals surface area contributed by atoms with Gasteiger partial charge in [-0.25, -0.2) is 4.98 Å². The minimum absolute atomic E-state index is 0.384. The van der Waals surface area contributed by atoms with Gasteiger partial charge in [-0.3, -0.25) is 4.79 Å². The second kappa shape index (κ2) is 6.97. The number of ether oxygens (including phenoxy) is 1. The fourth-order valence-electron chi connectivity index (χ4n) is 2.79. The van der Waals surface area contributed by atoms with Gasteiger partial charge in [-0.15, -0.1) is 0 Å². The van der Waals surface area contributed by atoms with Crippen LogP contribution in [0.3, 0.4) is 0 Å². The Bertz CT molecular complexity index is 897. The molecule has 0 fully saturated rings. The summed E-state index contributed by atoms with van der Waals surface area (Å²) in [4.78, 5) is 15.5. The summed E-state index contributed by atoms with van der Waals surface area (Å²) in [6.07, 6.45) is 0.514. The van der Waals surface area contributed by atoms with Crippen LogP contribution in [0.15, 0.2) is 42.5 Å². The maximum absolute atomic E-state index is 10.9. The van der Waals surface area contributed by atoms with E-state index in [0.717, 1.165) is 28.2 Å². The van der Waals surface area contributed by atoms with Crippen molar-refractivity contribution < 1.29 is 14.6 Å². The maximum atomic E-state index is 10.9. The van der Waals surface area contributed by atoms with Gasteiger partial charge in [-0.05, 0) is 48.7 Å². The summed E-state index contributed by atoms with van der Waals surface area (Å²) in [6, 6.07) is 13.8. The van der Waals surface area contributed by atoms with Crippen LogP contribution in [-0.2, 0) is 24.9 Å². The zero-order chi connectivity index (χ0) is 18.0.